The minimum absolute atomic E-state index is 0. The van der Waals surface area contributed by atoms with Crippen LogP contribution in [-0.2, 0) is 11.3 Å². The summed E-state index contributed by atoms with van der Waals surface area (Å²) in [5, 5.41) is 3.30. The van der Waals surface area contributed by atoms with E-state index in [0.717, 1.165) is 57.9 Å². The highest BCUT2D eigenvalue weighted by Gasteiger charge is 2.29. The molecule has 1 aromatic carbocycles. The maximum absolute atomic E-state index is 12.4. The molecule has 1 atom stereocenters. The summed E-state index contributed by atoms with van der Waals surface area (Å²) in [7, 11) is 0. The first-order valence-corrected chi connectivity index (χ1v) is 8.72. The number of carbonyl (C=O) groups is 1. The molecule has 2 heterocycles. The second-order valence-corrected chi connectivity index (χ2v) is 6.33. The van der Waals surface area contributed by atoms with Crippen LogP contribution in [0.25, 0.3) is 0 Å². The predicted molar refractivity (Wildman–Crippen MR) is 97.7 cm³/mol. The van der Waals surface area contributed by atoms with Crippen molar-refractivity contribution in [2.75, 3.05) is 39.3 Å². The highest BCUT2D eigenvalue weighted by atomic mass is 35.5. The number of nitrogens with zero attached hydrogens (tertiary/aromatic N) is 2. The van der Waals surface area contributed by atoms with Gasteiger partial charge >= 0.3 is 0 Å². The van der Waals surface area contributed by atoms with Gasteiger partial charge in [-0.25, -0.2) is 0 Å². The normalized spacial score (nSPS) is 21.4. The van der Waals surface area contributed by atoms with Crippen molar-refractivity contribution in [2.45, 2.75) is 32.4 Å². The maximum Gasteiger partial charge on any atom is 0.239 e. The van der Waals surface area contributed by atoms with Crippen LogP contribution in [0.15, 0.2) is 24.3 Å². The topological polar surface area (TPSA) is 44.8 Å². The summed E-state index contributed by atoms with van der Waals surface area (Å²) in [4.78, 5) is 16.8. The van der Waals surface area contributed by atoms with E-state index in [1.54, 1.807) is 0 Å². The molecule has 0 saturated carbocycles. The van der Waals surface area contributed by atoms with Crippen LogP contribution in [-0.4, -0.2) is 61.1 Å². The molecule has 134 valence electrons. The van der Waals surface area contributed by atoms with Gasteiger partial charge in [-0.1, -0.05) is 12.1 Å². The van der Waals surface area contributed by atoms with Crippen molar-refractivity contribution in [2.24, 2.45) is 0 Å². The minimum atomic E-state index is 0. The van der Waals surface area contributed by atoms with Gasteiger partial charge in [0.15, 0.2) is 0 Å². The highest BCUT2D eigenvalue weighted by molar-refractivity contribution is 5.85. The summed E-state index contributed by atoms with van der Waals surface area (Å²) < 4.78 is 5.48. The van der Waals surface area contributed by atoms with Crippen LogP contribution in [0.3, 0.4) is 0 Å². The van der Waals surface area contributed by atoms with Gasteiger partial charge in [0.1, 0.15) is 5.75 Å². The SMILES string of the molecule is CCOc1ccc(CN2CCN(C(=O)C3CCCN3)CC2)cc1.Cl. The van der Waals surface area contributed by atoms with E-state index in [9.17, 15) is 4.79 Å². The molecule has 0 spiro atoms. The summed E-state index contributed by atoms with van der Waals surface area (Å²) in [6, 6.07) is 8.39. The molecule has 2 saturated heterocycles. The first-order valence-electron chi connectivity index (χ1n) is 8.72. The van der Waals surface area contributed by atoms with Crippen LogP contribution in [0.4, 0.5) is 0 Å². The Morgan fingerprint density at radius 2 is 1.92 bits per heavy atom. The lowest BCUT2D eigenvalue weighted by Gasteiger charge is -2.36. The van der Waals surface area contributed by atoms with Crippen molar-refractivity contribution in [1.82, 2.24) is 15.1 Å². The molecule has 1 N–H and O–H groups in total. The second-order valence-electron chi connectivity index (χ2n) is 6.33. The molecule has 5 nitrogen and oxygen atoms in total. The number of hydrogen-bond donors (Lipinski definition) is 1. The number of ether oxygens (including phenoxy) is 1. The molecular formula is C18H28ClN3O2. The number of amides is 1. The minimum Gasteiger partial charge on any atom is -0.494 e. The molecule has 6 heteroatoms. The average Bonchev–Trinajstić information content (AvgIpc) is 3.11. The Hall–Kier alpha value is -1.30. The predicted octanol–water partition coefficient (Wildman–Crippen LogP) is 1.90. The fourth-order valence-electron chi connectivity index (χ4n) is 3.36. The van der Waals surface area contributed by atoms with Crippen LogP contribution in [0, 0.1) is 0 Å². The van der Waals surface area contributed by atoms with Gasteiger partial charge in [0, 0.05) is 32.7 Å². The summed E-state index contributed by atoms with van der Waals surface area (Å²) in [6.45, 7) is 8.20. The molecular weight excluding hydrogens is 326 g/mol. The molecule has 2 fully saturated rings. The zero-order valence-corrected chi connectivity index (χ0v) is 15.2. The lowest BCUT2D eigenvalue weighted by Crippen LogP contribution is -2.52. The van der Waals surface area contributed by atoms with Crippen LogP contribution >= 0.6 is 12.4 Å². The van der Waals surface area contributed by atoms with Gasteiger partial charge < -0.3 is 15.0 Å². The van der Waals surface area contributed by atoms with E-state index in [4.69, 9.17) is 4.74 Å². The Kier molecular flexibility index (Phi) is 7.34. The van der Waals surface area contributed by atoms with Crippen molar-refractivity contribution in [1.29, 1.82) is 0 Å². The van der Waals surface area contributed by atoms with Gasteiger partial charge in [-0.15, -0.1) is 12.4 Å². The molecule has 0 radical (unpaired) electrons. The Balaban J connectivity index is 0.00000208. The average molecular weight is 354 g/mol. The van der Waals surface area contributed by atoms with Crippen molar-refractivity contribution < 1.29 is 9.53 Å². The highest BCUT2D eigenvalue weighted by Crippen LogP contribution is 2.16. The standard InChI is InChI=1S/C18H27N3O2.ClH/c1-2-23-16-7-5-15(6-8-16)14-20-10-12-21(13-11-20)18(22)17-4-3-9-19-17;/h5-8,17,19H,2-4,9-14H2,1H3;1H. The van der Waals surface area contributed by atoms with Crippen molar-refractivity contribution in [3.8, 4) is 5.75 Å². The van der Waals surface area contributed by atoms with Gasteiger partial charge in [0.05, 0.1) is 12.6 Å². The number of nitrogens with one attached hydrogen (secondary N) is 1. The number of rotatable bonds is 5. The molecule has 1 aromatic rings. The van der Waals surface area contributed by atoms with E-state index in [1.165, 1.54) is 5.56 Å². The molecule has 2 aliphatic heterocycles. The van der Waals surface area contributed by atoms with E-state index in [-0.39, 0.29) is 18.4 Å². The van der Waals surface area contributed by atoms with Crippen molar-refractivity contribution >= 4 is 18.3 Å². The summed E-state index contributed by atoms with van der Waals surface area (Å²) in [5.74, 6) is 1.22. The Labute approximate surface area is 150 Å². The zero-order valence-electron chi connectivity index (χ0n) is 14.4. The van der Waals surface area contributed by atoms with E-state index in [0.29, 0.717) is 12.5 Å². The van der Waals surface area contributed by atoms with E-state index in [2.05, 4.69) is 22.3 Å². The van der Waals surface area contributed by atoms with E-state index >= 15 is 0 Å². The molecule has 0 aromatic heterocycles. The molecule has 0 bridgehead atoms. The second kappa shape index (κ2) is 9.25. The molecule has 0 aliphatic carbocycles. The van der Waals surface area contributed by atoms with Gasteiger partial charge in [-0.05, 0) is 44.0 Å². The first-order chi connectivity index (χ1) is 11.3. The summed E-state index contributed by atoms with van der Waals surface area (Å²) in [5.41, 5.74) is 1.30. The lowest BCUT2D eigenvalue weighted by atomic mass is 10.1. The molecule has 2 aliphatic rings. The van der Waals surface area contributed by atoms with Crippen LogP contribution in [0.1, 0.15) is 25.3 Å². The third kappa shape index (κ3) is 4.85. The number of hydrogen-bond acceptors (Lipinski definition) is 4. The van der Waals surface area contributed by atoms with Gasteiger partial charge in [-0.2, -0.15) is 0 Å². The van der Waals surface area contributed by atoms with Crippen LogP contribution in [0.2, 0.25) is 0 Å². The van der Waals surface area contributed by atoms with E-state index in [1.807, 2.05) is 24.0 Å². The van der Waals surface area contributed by atoms with Crippen LogP contribution < -0.4 is 10.1 Å². The fraction of sp³-hybridized carbons (Fsp3) is 0.611. The number of benzene rings is 1. The summed E-state index contributed by atoms with van der Waals surface area (Å²) >= 11 is 0. The Morgan fingerprint density at radius 1 is 1.21 bits per heavy atom. The monoisotopic (exact) mass is 353 g/mol. The molecule has 3 rings (SSSR count). The third-order valence-corrected chi connectivity index (χ3v) is 4.68. The largest absolute Gasteiger partial charge is 0.494 e. The lowest BCUT2D eigenvalue weighted by molar-refractivity contribution is -0.134. The van der Waals surface area contributed by atoms with Crippen molar-refractivity contribution in [3.05, 3.63) is 29.8 Å². The molecule has 1 unspecified atom stereocenters. The van der Waals surface area contributed by atoms with Crippen LogP contribution in [0.5, 0.6) is 5.75 Å². The smallest absolute Gasteiger partial charge is 0.239 e. The maximum atomic E-state index is 12.4. The number of piperazine rings is 1. The quantitative estimate of drug-likeness (QED) is 0.878. The first kappa shape index (κ1) is 19.0. The van der Waals surface area contributed by atoms with Gasteiger partial charge in [0.2, 0.25) is 5.91 Å². The van der Waals surface area contributed by atoms with E-state index < -0.39 is 0 Å². The Bertz CT molecular complexity index is 510. The molecule has 24 heavy (non-hydrogen) atoms. The Morgan fingerprint density at radius 3 is 2.50 bits per heavy atom. The fourth-order valence-corrected chi connectivity index (χ4v) is 3.36. The van der Waals surface area contributed by atoms with Gasteiger partial charge in [-0.3, -0.25) is 9.69 Å². The summed E-state index contributed by atoms with van der Waals surface area (Å²) in [6.07, 6.45) is 2.11. The molecule has 1 amide bonds. The van der Waals surface area contributed by atoms with Crippen molar-refractivity contribution in [3.63, 3.8) is 0 Å². The zero-order chi connectivity index (χ0) is 16.1. The third-order valence-electron chi connectivity index (χ3n) is 4.68. The number of carbonyl (C=O) groups excluding carboxylic acids is 1. The van der Waals surface area contributed by atoms with Gasteiger partial charge in [0.25, 0.3) is 0 Å². The number of halogens is 1.